The molecule has 0 radical (unpaired) electrons. The predicted molar refractivity (Wildman–Crippen MR) is 95.0 cm³/mol. The number of anilines is 1. The van der Waals surface area contributed by atoms with Crippen LogP contribution in [0.5, 0.6) is 0 Å². The first kappa shape index (κ1) is 15.5. The molecule has 0 atom stereocenters. The molecular formula is C19H23N3O. The molecule has 23 heavy (non-hydrogen) atoms. The van der Waals surface area contributed by atoms with Crippen molar-refractivity contribution < 1.29 is 4.42 Å². The summed E-state index contributed by atoms with van der Waals surface area (Å²) in [6, 6.07) is 8.16. The topological polar surface area (TPSA) is 50.4 Å². The Hall–Kier alpha value is -2.36. The lowest BCUT2D eigenvalue weighted by Crippen LogP contribution is -2.09. The molecule has 1 aromatic carbocycles. The molecule has 120 valence electrons. The van der Waals surface area contributed by atoms with Crippen LogP contribution in [0.2, 0.25) is 0 Å². The molecule has 0 bridgehead atoms. The minimum atomic E-state index is 0.762. The quantitative estimate of drug-likeness (QED) is 0.731. The Morgan fingerprint density at radius 3 is 2.65 bits per heavy atom. The predicted octanol–water partition coefficient (Wildman–Crippen LogP) is 4.29. The number of fused-ring (bicyclic) bond motifs is 2. The van der Waals surface area contributed by atoms with Gasteiger partial charge in [0.2, 0.25) is 0 Å². The second-order valence-corrected chi connectivity index (χ2v) is 5.86. The van der Waals surface area contributed by atoms with E-state index in [4.69, 9.17) is 9.40 Å². The van der Waals surface area contributed by atoms with Crippen molar-refractivity contribution >= 4 is 16.8 Å². The molecule has 3 rings (SSSR count). The van der Waals surface area contributed by atoms with E-state index in [-0.39, 0.29) is 0 Å². The monoisotopic (exact) mass is 309 g/mol. The van der Waals surface area contributed by atoms with Gasteiger partial charge in [-0.05, 0) is 50.5 Å². The highest BCUT2D eigenvalue weighted by atomic mass is 16.3. The molecule has 0 spiro atoms. The molecule has 1 aromatic rings. The smallest absolute Gasteiger partial charge is 0.155 e. The van der Waals surface area contributed by atoms with E-state index >= 15 is 0 Å². The first-order valence-corrected chi connectivity index (χ1v) is 8.22. The van der Waals surface area contributed by atoms with E-state index < -0.39 is 0 Å². The summed E-state index contributed by atoms with van der Waals surface area (Å²) >= 11 is 0. The molecule has 0 fully saturated rings. The van der Waals surface area contributed by atoms with Crippen molar-refractivity contribution in [1.82, 2.24) is 4.98 Å². The number of rotatable bonds is 4. The van der Waals surface area contributed by atoms with E-state index in [0.29, 0.717) is 0 Å². The maximum atomic E-state index is 6.10. The summed E-state index contributed by atoms with van der Waals surface area (Å²) in [5.41, 5.74) is 5.97. The second-order valence-electron chi connectivity index (χ2n) is 5.86. The van der Waals surface area contributed by atoms with Crippen molar-refractivity contribution in [1.29, 1.82) is 0 Å². The van der Waals surface area contributed by atoms with E-state index in [2.05, 4.69) is 37.1 Å². The van der Waals surface area contributed by atoms with E-state index in [9.17, 15) is 0 Å². The van der Waals surface area contributed by atoms with Gasteiger partial charge in [0.25, 0.3) is 0 Å². The molecule has 2 aliphatic rings. The molecule has 0 saturated heterocycles. The summed E-state index contributed by atoms with van der Waals surface area (Å²) in [5, 5.41) is 4.41. The Morgan fingerprint density at radius 1 is 1.09 bits per heavy atom. The van der Waals surface area contributed by atoms with Crippen LogP contribution in [0.15, 0.2) is 33.7 Å². The summed E-state index contributed by atoms with van der Waals surface area (Å²) in [6.45, 7) is 10.1. The van der Waals surface area contributed by atoms with Crippen LogP contribution in [0, 0.1) is 13.8 Å². The van der Waals surface area contributed by atoms with E-state index in [1.165, 1.54) is 5.56 Å². The third-order valence-corrected chi connectivity index (χ3v) is 3.94. The van der Waals surface area contributed by atoms with Gasteiger partial charge in [-0.1, -0.05) is 6.92 Å². The van der Waals surface area contributed by atoms with Gasteiger partial charge in [-0.2, -0.15) is 0 Å². The zero-order valence-corrected chi connectivity index (χ0v) is 14.2. The fourth-order valence-electron chi connectivity index (χ4n) is 2.71. The highest BCUT2D eigenvalue weighted by Gasteiger charge is 2.12. The standard InChI is InChI=1S/C19H23N3O/c1-5-7-21-15-11-19-17(9-13(15)4)22-16-8-12(3)14(20-6-2)10-18(16)23-19/h8-11,21H,5-7H2,1-4H3. The summed E-state index contributed by atoms with van der Waals surface area (Å²) in [7, 11) is 0. The number of nitrogens with one attached hydrogen (secondary N) is 1. The first-order valence-electron chi connectivity index (χ1n) is 8.22. The van der Waals surface area contributed by atoms with Crippen LogP contribution in [0.25, 0.3) is 22.6 Å². The first-order chi connectivity index (χ1) is 11.1. The Bertz CT molecular complexity index is 880. The Balaban J connectivity index is 2.20. The average Bonchev–Trinajstić information content (AvgIpc) is 2.52. The van der Waals surface area contributed by atoms with Crippen LogP contribution in [-0.2, 0) is 0 Å². The van der Waals surface area contributed by atoms with Crippen molar-refractivity contribution in [3.05, 3.63) is 40.7 Å². The number of hydrogen-bond donors (Lipinski definition) is 1. The summed E-state index contributed by atoms with van der Waals surface area (Å²) in [5.74, 6) is 0.778. The van der Waals surface area contributed by atoms with Gasteiger partial charge in [-0.15, -0.1) is 0 Å². The lowest BCUT2D eigenvalue weighted by molar-refractivity contribution is 0.611. The SMILES string of the molecule is CCCNc1cc2oc3cc(=NCC)c(C)cc-3nc2cc1C. The van der Waals surface area contributed by atoms with Crippen LogP contribution < -0.4 is 10.7 Å². The van der Waals surface area contributed by atoms with Gasteiger partial charge in [0, 0.05) is 30.9 Å². The molecule has 4 nitrogen and oxygen atoms in total. The molecule has 0 aromatic heterocycles. The lowest BCUT2D eigenvalue weighted by Gasteiger charge is -2.12. The maximum absolute atomic E-state index is 6.10. The van der Waals surface area contributed by atoms with Crippen LogP contribution >= 0.6 is 0 Å². The Labute approximate surface area is 136 Å². The average molecular weight is 309 g/mol. The van der Waals surface area contributed by atoms with E-state index in [1.807, 2.05) is 25.1 Å². The third kappa shape index (κ3) is 3.07. The summed E-state index contributed by atoms with van der Waals surface area (Å²) < 4.78 is 6.10. The van der Waals surface area contributed by atoms with Crippen molar-refractivity contribution in [2.75, 3.05) is 18.4 Å². The van der Waals surface area contributed by atoms with Gasteiger partial charge in [-0.3, -0.25) is 4.99 Å². The largest absolute Gasteiger partial charge is 0.453 e. The molecule has 1 heterocycles. The summed E-state index contributed by atoms with van der Waals surface area (Å²) in [6.07, 6.45) is 1.09. The van der Waals surface area contributed by atoms with Crippen molar-refractivity contribution in [2.45, 2.75) is 34.1 Å². The van der Waals surface area contributed by atoms with Crippen molar-refractivity contribution in [2.24, 2.45) is 4.99 Å². The number of aromatic nitrogens is 1. The number of benzene rings is 2. The zero-order valence-electron chi connectivity index (χ0n) is 14.2. The van der Waals surface area contributed by atoms with Crippen LogP contribution in [0.1, 0.15) is 31.4 Å². The molecule has 1 aliphatic carbocycles. The fraction of sp³-hybridized carbons (Fsp3) is 0.368. The van der Waals surface area contributed by atoms with Crippen LogP contribution in [-0.4, -0.2) is 18.1 Å². The zero-order chi connectivity index (χ0) is 16.4. The highest BCUT2D eigenvalue weighted by Crippen LogP contribution is 2.28. The molecular weight excluding hydrogens is 286 g/mol. The van der Waals surface area contributed by atoms with Gasteiger partial charge in [0.15, 0.2) is 11.3 Å². The normalized spacial score (nSPS) is 12.3. The van der Waals surface area contributed by atoms with Crippen molar-refractivity contribution in [3.8, 4) is 11.5 Å². The van der Waals surface area contributed by atoms with Crippen molar-refractivity contribution in [3.63, 3.8) is 0 Å². The lowest BCUT2D eigenvalue weighted by atomic mass is 10.1. The minimum Gasteiger partial charge on any atom is -0.453 e. The highest BCUT2D eigenvalue weighted by molar-refractivity contribution is 5.81. The molecule has 0 amide bonds. The maximum Gasteiger partial charge on any atom is 0.155 e. The minimum absolute atomic E-state index is 0.762. The van der Waals surface area contributed by atoms with Gasteiger partial charge in [0.05, 0.1) is 5.36 Å². The molecule has 1 N–H and O–H groups in total. The van der Waals surface area contributed by atoms with Crippen LogP contribution in [0.3, 0.4) is 0 Å². The van der Waals surface area contributed by atoms with Crippen LogP contribution in [0.4, 0.5) is 5.69 Å². The number of aryl methyl sites for hydroxylation is 2. The van der Waals surface area contributed by atoms with Gasteiger partial charge < -0.3 is 9.73 Å². The van der Waals surface area contributed by atoms with Gasteiger partial charge in [-0.25, -0.2) is 4.98 Å². The molecule has 1 aliphatic heterocycles. The number of hydrogen-bond acceptors (Lipinski definition) is 4. The molecule has 4 heteroatoms. The molecule has 0 unspecified atom stereocenters. The van der Waals surface area contributed by atoms with E-state index in [1.54, 1.807) is 0 Å². The second kappa shape index (κ2) is 6.41. The fourth-order valence-corrected chi connectivity index (χ4v) is 2.71. The van der Waals surface area contributed by atoms with Gasteiger partial charge in [0.1, 0.15) is 11.2 Å². The molecule has 0 saturated carbocycles. The Kier molecular flexibility index (Phi) is 4.33. The Morgan fingerprint density at radius 2 is 1.91 bits per heavy atom. The summed E-state index contributed by atoms with van der Waals surface area (Å²) in [4.78, 5) is 9.27. The van der Waals surface area contributed by atoms with E-state index in [0.717, 1.165) is 58.7 Å². The number of nitrogens with zero attached hydrogens (tertiary/aromatic N) is 2. The third-order valence-electron chi connectivity index (χ3n) is 3.94. The van der Waals surface area contributed by atoms with Gasteiger partial charge >= 0.3 is 0 Å².